The second-order valence-electron chi connectivity index (χ2n) is 7.93. The van der Waals surface area contributed by atoms with E-state index in [1.165, 1.54) is 0 Å². The summed E-state index contributed by atoms with van der Waals surface area (Å²) in [6, 6.07) is 9.70. The molecule has 1 aromatic carbocycles. The van der Waals surface area contributed by atoms with E-state index in [0.29, 0.717) is 30.8 Å². The molecule has 6 heteroatoms. The van der Waals surface area contributed by atoms with Crippen LogP contribution in [0.5, 0.6) is 0 Å². The Labute approximate surface area is 165 Å². The van der Waals surface area contributed by atoms with Gasteiger partial charge in [0.25, 0.3) is 0 Å². The molecular weight excluding hydrogens is 356 g/mol. The zero-order valence-corrected chi connectivity index (χ0v) is 16.8. The van der Waals surface area contributed by atoms with Crippen LogP contribution in [0.4, 0.5) is 0 Å². The first kappa shape index (κ1) is 20.1. The number of amides is 1. The van der Waals surface area contributed by atoms with E-state index in [2.05, 4.69) is 5.16 Å². The molecule has 6 nitrogen and oxygen atoms in total. The normalized spacial score (nSPS) is 20.8. The number of carbonyl (C=O) groups excluding carboxylic acids is 1. The number of nitrogens with zero attached hydrogens (tertiary/aromatic N) is 2. The van der Waals surface area contributed by atoms with Crippen molar-refractivity contribution in [2.24, 2.45) is 11.3 Å². The molecule has 0 unspecified atom stereocenters. The van der Waals surface area contributed by atoms with Gasteiger partial charge in [0.05, 0.1) is 5.41 Å². The average Bonchev–Trinajstić information content (AvgIpc) is 3.15. The number of carboxylic acid groups (broad SMARTS) is 1. The van der Waals surface area contributed by atoms with Crippen LogP contribution in [-0.4, -0.2) is 40.1 Å². The Morgan fingerprint density at radius 3 is 2.79 bits per heavy atom. The molecule has 2 atom stereocenters. The van der Waals surface area contributed by atoms with Gasteiger partial charge in [0.2, 0.25) is 5.91 Å². The van der Waals surface area contributed by atoms with Gasteiger partial charge in [0, 0.05) is 37.1 Å². The molecule has 1 N–H and O–H groups in total. The lowest BCUT2D eigenvalue weighted by molar-refractivity contribution is -0.156. The SMILES string of the molecule is CC[C@@H](C)C(=O)N1CCC[C@](Cc2cc(-c3ccccc3C)no2)(C(=O)O)C1. The Morgan fingerprint density at radius 2 is 2.11 bits per heavy atom. The van der Waals surface area contributed by atoms with E-state index in [1.54, 1.807) is 4.90 Å². The minimum Gasteiger partial charge on any atom is -0.481 e. The van der Waals surface area contributed by atoms with Gasteiger partial charge in [-0.15, -0.1) is 0 Å². The van der Waals surface area contributed by atoms with Crippen LogP contribution in [0.2, 0.25) is 0 Å². The van der Waals surface area contributed by atoms with Crippen LogP contribution < -0.4 is 0 Å². The number of aliphatic carboxylic acids is 1. The molecule has 0 radical (unpaired) electrons. The van der Waals surface area contributed by atoms with Crippen LogP contribution in [0.25, 0.3) is 11.3 Å². The predicted molar refractivity (Wildman–Crippen MR) is 106 cm³/mol. The number of piperidine rings is 1. The highest BCUT2D eigenvalue weighted by atomic mass is 16.5. The van der Waals surface area contributed by atoms with Gasteiger partial charge in [-0.25, -0.2) is 0 Å². The number of likely N-dealkylation sites (tertiary alicyclic amines) is 1. The molecule has 1 aliphatic heterocycles. The Bertz CT molecular complexity index is 860. The fraction of sp³-hybridized carbons (Fsp3) is 0.500. The van der Waals surface area contributed by atoms with E-state index in [-0.39, 0.29) is 24.8 Å². The minimum absolute atomic E-state index is 0.0333. The third kappa shape index (κ3) is 3.96. The number of hydrogen-bond donors (Lipinski definition) is 1. The van der Waals surface area contributed by atoms with Crippen molar-refractivity contribution in [3.63, 3.8) is 0 Å². The van der Waals surface area contributed by atoms with Crippen molar-refractivity contribution in [3.05, 3.63) is 41.7 Å². The number of rotatable bonds is 6. The third-order valence-corrected chi connectivity index (χ3v) is 5.87. The lowest BCUT2D eigenvalue weighted by atomic mass is 9.76. The molecule has 0 aliphatic carbocycles. The smallest absolute Gasteiger partial charge is 0.311 e. The summed E-state index contributed by atoms with van der Waals surface area (Å²) in [5, 5.41) is 14.2. The molecule has 0 saturated carbocycles. The number of aromatic nitrogens is 1. The van der Waals surface area contributed by atoms with Crippen molar-refractivity contribution in [3.8, 4) is 11.3 Å². The maximum Gasteiger partial charge on any atom is 0.311 e. The zero-order chi connectivity index (χ0) is 20.3. The molecule has 1 saturated heterocycles. The zero-order valence-electron chi connectivity index (χ0n) is 16.8. The molecular formula is C22H28N2O4. The fourth-order valence-electron chi connectivity index (χ4n) is 3.92. The van der Waals surface area contributed by atoms with Crippen LogP contribution >= 0.6 is 0 Å². The summed E-state index contributed by atoms with van der Waals surface area (Å²) in [7, 11) is 0. The van der Waals surface area contributed by atoms with Gasteiger partial charge >= 0.3 is 5.97 Å². The fourth-order valence-corrected chi connectivity index (χ4v) is 3.92. The Morgan fingerprint density at radius 1 is 1.36 bits per heavy atom. The Kier molecular flexibility index (Phi) is 5.87. The summed E-state index contributed by atoms with van der Waals surface area (Å²) in [4.78, 5) is 26.5. The van der Waals surface area contributed by atoms with Gasteiger partial charge in [-0.1, -0.05) is 43.3 Å². The van der Waals surface area contributed by atoms with Crippen molar-refractivity contribution >= 4 is 11.9 Å². The van der Waals surface area contributed by atoms with Crippen LogP contribution in [-0.2, 0) is 16.0 Å². The van der Waals surface area contributed by atoms with Crippen LogP contribution in [0.1, 0.15) is 44.4 Å². The molecule has 0 spiro atoms. The highest BCUT2D eigenvalue weighted by molar-refractivity contribution is 5.81. The third-order valence-electron chi connectivity index (χ3n) is 5.87. The molecule has 1 aromatic heterocycles. The predicted octanol–water partition coefficient (Wildman–Crippen LogP) is 3.93. The topological polar surface area (TPSA) is 83.6 Å². The highest BCUT2D eigenvalue weighted by Crippen LogP contribution is 2.36. The standard InChI is InChI=1S/C22H28N2O4/c1-4-15(2)20(25)24-11-7-10-22(14-24,21(26)27)13-17-12-19(23-28-17)18-9-6-5-8-16(18)3/h5-6,8-9,12,15H,4,7,10-11,13-14H2,1-3H3,(H,26,27)/t15-,22-/m1/s1. The molecule has 28 heavy (non-hydrogen) atoms. The monoisotopic (exact) mass is 384 g/mol. The number of carboxylic acids is 1. The Hall–Kier alpha value is -2.63. The first-order valence-electron chi connectivity index (χ1n) is 9.90. The highest BCUT2D eigenvalue weighted by Gasteiger charge is 2.45. The van der Waals surface area contributed by atoms with Crippen LogP contribution in [0, 0.1) is 18.3 Å². The van der Waals surface area contributed by atoms with Crippen molar-refractivity contribution in [2.45, 2.75) is 46.5 Å². The van der Waals surface area contributed by atoms with Crippen molar-refractivity contribution in [1.29, 1.82) is 0 Å². The van der Waals surface area contributed by atoms with E-state index < -0.39 is 11.4 Å². The molecule has 1 aliphatic rings. The summed E-state index contributed by atoms with van der Waals surface area (Å²) in [6.07, 6.45) is 2.17. The van der Waals surface area contributed by atoms with Crippen LogP contribution in [0.3, 0.4) is 0 Å². The lowest BCUT2D eigenvalue weighted by Crippen LogP contribution is -2.52. The van der Waals surface area contributed by atoms with Gasteiger partial charge in [-0.3, -0.25) is 9.59 Å². The van der Waals surface area contributed by atoms with E-state index in [4.69, 9.17) is 4.52 Å². The van der Waals surface area contributed by atoms with Gasteiger partial charge < -0.3 is 14.5 Å². The number of hydrogen-bond acceptors (Lipinski definition) is 4. The van der Waals surface area contributed by atoms with Gasteiger partial charge in [0.1, 0.15) is 11.5 Å². The largest absolute Gasteiger partial charge is 0.481 e. The lowest BCUT2D eigenvalue weighted by Gasteiger charge is -2.40. The second-order valence-corrected chi connectivity index (χ2v) is 7.93. The summed E-state index contributed by atoms with van der Waals surface area (Å²) in [5.74, 6) is -0.407. The molecule has 0 bridgehead atoms. The van der Waals surface area contributed by atoms with Crippen molar-refractivity contribution in [1.82, 2.24) is 10.1 Å². The summed E-state index contributed by atoms with van der Waals surface area (Å²) >= 11 is 0. The van der Waals surface area contributed by atoms with Gasteiger partial charge in [-0.2, -0.15) is 0 Å². The maximum atomic E-state index is 12.6. The quantitative estimate of drug-likeness (QED) is 0.816. The first-order chi connectivity index (χ1) is 13.4. The number of benzene rings is 1. The summed E-state index contributed by atoms with van der Waals surface area (Å²) in [6.45, 7) is 6.69. The van der Waals surface area contributed by atoms with Crippen molar-refractivity contribution in [2.75, 3.05) is 13.1 Å². The molecule has 1 amide bonds. The van der Waals surface area contributed by atoms with Gasteiger partial charge in [-0.05, 0) is 31.7 Å². The van der Waals surface area contributed by atoms with Gasteiger partial charge in [0.15, 0.2) is 0 Å². The molecule has 150 valence electrons. The van der Waals surface area contributed by atoms with E-state index in [0.717, 1.165) is 17.5 Å². The number of carbonyl (C=O) groups is 2. The summed E-state index contributed by atoms with van der Waals surface area (Å²) < 4.78 is 5.50. The minimum atomic E-state index is -1.04. The first-order valence-corrected chi connectivity index (χ1v) is 9.90. The average molecular weight is 384 g/mol. The number of aryl methyl sites for hydroxylation is 1. The van der Waals surface area contributed by atoms with Crippen molar-refractivity contribution < 1.29 is 19.2 Å². The Balaban J connectivity index is 1.83. The molecule has 2 aromatic rings. The van der Waals surface area contributed by atoms with E-state index in [1.807, 2.05) is 51.1 Å². The summed E-state index contributed by atoms with van der Waals surface area (Å²) in [5.41, 5.74) is 1.72. The molecule has 1 fully saturated rings. The molecule has 3 rings (SSSR count). The van der Waals surface area contributed by atoms with E-state index in [9.17, 15) is 14.7 Å². The molecule has 2 heterocycles. The van der Waals surface area contributed by atoms with Crippen LogP contribution in [0.15, 0.2) is 34.9 Å². The maximum absolute atomic E-state index is 12.6. The van der Waals surface area contributed by atoms with E-state index >= 15 is 0 Å². The second kappa shape index (κ2) is 8.17.